The summed E-state index contributed by atoms with van der Waals surface area (Å²) in [4.78, 5) is 24.5. The highest BCUT2D eigenvalue weighted by atomic mass is 16.6. The molecule has 0 radical (unpaired) electrons. The third kappa shape index (κ3) is 2.59. The Morgan fingerprint density at radius 3 is 2.63 bits per heavy atom. The van der Waals surface area contributed by atoms with Crippen molar-refractivity contribution >= 4 is 18.1 Å². The van der Waals surface area contributed by atoms with Gasteiger partial charge in [0, 0.05) is 20.0 Å². The van der Waals surface area contributed by atoms with Crippen LogP contribution in [-0.4, -0.2) is 37.1 Å². The quantitative estimate of drug-likeness (QED) is 0.891. The van der Waals surface area contributed by atoms with E-state index >= 15 is 0 Å². The average Bonchev–Trinajstić information content (AvgIpc) is 2.78. The van der Waals surface area contributed by atoms with Gasteiger partial charge in [-0.05, 0) is 11.1 Å². The van der Waals surface area contributed by atoms with Gasteiger partial charge in [0.25, 0.3) is 5.91 Å². The standard InChI is InChI=1S/C14H16N2O3/c1-16(2)13(17)12(19-14(15)18)11-8-7-9-5-3-4-6-10(9)11/h3-8,11-12H,1-2H3,(H2,15,18). The highest BCUT2D eigenvalue weighted by Gasteiger charge is 2.35. The van der Waals surface area contributed by atoms with E-state index in [1.807, 2.05) is 36.4 Å². The van der Waals surface area contributed by atoms with Gasteiger partial charge >= 0.3 is 6.09 Å². The van der Waals surface area contributed by atoms with Crippen LogP contribution < -0.4 is 5.73 Å². The topological polar surface area (TPSA) is 72.6 Å². The van der Waals surface area contributed by atoms with Crippen LogP contribution in [-0.2, 0) is 9.53 Å². The van der Waals surface area contributed by atoms with Crippen molar-refractivity contribution in [3.8, 4) is 0 Å². The molecule has 1 aromatic carbocycles. The molecule has 0 heterocycles. The van der Waals surface area contributed by atoms with Crippen LogP contribution in [0.15, 0.2) is 30.3 Å². The first kappa shape index (κ1) is 13.1. The first-order valence-corrected chi connectivity index (χ1v) is 5.95. The number of fused-ring (bicyclic) bond motifs is 1. The molecule has 0 aliphatic heterocycles. The van der Waals surface area contributed by atoms with Gasteiger partial charge in [-0.3, -0.25) is 4.79 Å². The Kier molecular flexibility index (Phi) is 3.55. The Morgan fingerprint density at radius 2 is 2.00 bits per heavy atom. The summed E-state index contributed by atoms with van der Waals surface area (Å²) in [5.74, 6) is -0.580. The van der Waals surface area contributed by atoms with Gasteiger partial charge in [-0.1, -0.05) is 36.4 Å². The number of nitrogens with zero attached hydrogens (tertiary/aromatic N) is 1. The molecule has 100 valence electrons. The second-order valence-corrected chi connectivity index (χ2v) is 4.60. The van der Waals surface area contributed by atoms with E-state index in [0.717, 1.165) is 11.1 Å². The molecule has 0 spiro atoms. The van der Waals surface area contributed by atoms with E-state index in [-0.39, 0.29) is 11.8 Å². The summed E-state index contributed by atoms with van der Waals surface area (Å²) in [7, 11) is 3.23. The number of primary amides is 1. The Balaban J connectivity index is 2.33. The van der Waals surface area contributed by atoms with Gasteiger partial charge in [-0.2, -0.15) is 0 Å². The normalized spacial score (nSPS) is 17.7. The lowest BCUT2D eigenvalue weighted by molar-refractivity contribution is -0.138. The third-order valence-corrected chi connectivity index (χ3v) is 3.09. The number of carbonyl (C=O) groups excluding carboxylic acids is 2. The molecule has 2 rings (SSSR count). The fourth-order valence-electron chi connectivity index (χ4n) is 2.20. The Morgan fingerprint density at radius 1 is 1.32 bits per heavy atom. The third-order valence-electron chi connectivity index (χ3n) is 3.09. The van der Waals surface area contributed by atoms with Crippen molar-refractivity contribution in [2.45, 2.75) is 12.0 Å². The van der Waals surface area contributed by atoms with E-state index < -0.39 is 12.2 Å². The summed E-state index contributed by atoms with van der Waals surface area (Å²) >= 11 is 0. The number of hydrogen-bond donors (Lipinski definition) is 1. The molecule has 1 aromatic rings. The molecule has 0 aromatic heterocycles. The summed E-state index contributed by atoms with van der Waals surface area (Å²) in [5.41, 5.74) is 7.05. The monoisotopic (exact) mass is 260 g/mol. The number of likely N-dealkylation sites (N-methyl/N-ethyl adjacent to an activating group) is 1. The molecule has 5 heteroatoms. The maximum atomic E-state index is 12.1. The van der Waals surface area contributed by atoms with Gasteiger partial charge in [0.2, 0.25) is 0 Å². The molecule has 1 aliphatic rings. The largest absolute Gasteiger partial charge is 0.435 e. The summed E-state index contributed by atoms with van der Waals surface area (Å²) in [6.07, 6.45) is 1.91. The van der Waals surface area contributed by atoms with Crippen molar-refractivity contribution in [3.63, 3.8) is 0 Å². The molecule has 2 atom stereocenters. The predicted octanol–water partition coefficient (Wildman–Crippen LogP) is 1.35. The molecule has 19 heavy (non-hydrogen) atoms. The number of amides is 2. The van der Waals surface area contributed by atoms with E-state index in [4.69, 9.17) is 10.5 Å². The summed E-state index contributed by atoms with van der Waals surface area (Å²) in [5, 5.41) is 0. The number of rotatable bonds is 3. The second kappa shape index (κ2) is 5.14. The molecule has 5 nitrogen and oxygen atoms in total. The molecule has 2 amide bonds. The lowest BCUT2D eigenvalue weighted by Crippen LogP contribution is -2.41. The average molecular weight is 260 g/mol. The minimum atomic E-state index is -0.946. The number of benzene rings is 1. The molecule has 0 saturated carbocycles. The zero-order chi connectivity index (χ0) is 14.0. The molecular formula is C14H16N2O3. The maximum Gasteiger partial charge on any atom is 0.405 e. The number of nitrogens with two attached hydrogens (primary N) is 1. The van der Waals surface area contributed by atoms with Crippen LogP contribution in [0.4, 0.5) is 4.79 Å². The number of carbonyl (C=O) groups is 2. The molecule has 0 bridgehead atoms. The smallest absolute Gasteiger partial charge is 0.405 e. The van der Waals surface area contributed by atoms with Gasteiger partial charge in [0.15, 0.2) is 6.10 Å². The fraction of sp³-hybridized carbons (Fsp3) is 0.286. The van der Waals surface area contributed by atoms with Crippen molar-refractivity contribution in [2.24, 2.45) is 5.73 Å². The van der Waals surface area contributed by atoms with Crippen LogP contribution in [0.25, 0.3) is 6.08 Å². The van der Waals surface area contributed by atoms with Gasteiger partial charge in [0.1, 0.15) is 0 Å². The van der Waals surface area contributed by atoms with Crippen LogP contribution >= 0.6 is 0 Å². The van der Waals surface area contributed by atoms with Crippen molar-refractivity contribution < 1.29 is 14.3 Å². The Labute approximate surface area is 111 Å². The van der Waals surface area contributed by atoms with E-state index in [1.165, 1.54) is 4.90 Å². The minimum Gasteiger partial charge on any atom is -0.435 e. The van der Waals surface area contributed by atoms with Gasteiger partial charge in [-0.15, -0.1) is 0 Å². The van der Waals surface area contributed by atoms with Gasteiger partial charge in [-0.25, -0.2) is 4.79 Å². The van der Waals surface area contributed by atoms with Gasteiger partial charge in [0.05, 0.1) is 0 Å². The van der Waals surface area contributed by atoms with Crippen molar-refractivity contribution in [1.29, 1.82) is 0 Å². The first-order chi connectivity index (χ1) is 9.00. The molecule has 2 unspecified atom stereocenters. The molecule has 0 saturated heterocycles. The van der Waals surface area contributed by atoms with Crippen molar-refractivity contribution in [2.75, 3.05) is 14.1 Å². The number of ether oxygens (including phenoxy) is 1. The zero-order valence-electron chi connectivity index (χ0n) is 10.9. The highest BCUT2D eigenvalue weighted by Crippen LogP contribution is 2.34. The highest BCUT2D eigenvalue weighted by molar-refractivity contribution is 5.85. The summed E-state index contributed by atoms with van der Waals surface area (Å²) in [6, 6.07) is 7.68. The Hall–Kier alpha value is -2.30. The fourth-order valence-corrected chi connectivity index (χ4v) is 2.20. The lowest BCUT2D eigenvalue weighted by Gasteiger charge is -2.24. The minimum absolute atomic E-state index is 0.287. The van der Waals surface area contributed by atoms with Crippen molar-refractivity contribution in [1.82, 2.24) is 4.90 Å². The SMILES string of the molecule is CN(C)C(=O)C(OC(N)=O)C1C=Cc2ccccc21. The maximum absolute atomic E-state index is 12.1. The lowest BCUT2D eigenvalue weighted by atomic mass is 9.94. The van der Waals surface area contributed by atoms with E-state index in [2.05, 4.69) is 0 Å². The summed E-state index contributed by atoms with van der Waals surface area (Å²) < 4.78 is 5.01. The first-order valence-electron chi connectivity index (χ1n) is 5.95. The van der Waals surface area contributed by atoms with Gasteiger partial charge < -0.3 is 15.4 Å². The van der Waals surface area contributed by atoms with Crippen LogP contribution in [0.1, 0.15) is 17.0 Å². The van der Waals surface area contributed by atoms with Crippen molar-refractivity contribution in [3.05, 3.63) is 41.5 Å². The van der Waals surface area contributed by atoms with Crippen LogP contribution in [0.3, 0.4) is 0 Å². The van der Waals surface area contributed by atoms with Crippen LogP contribution in [0.2, 0.25) is 0 Å². The van der Waals surface area contributed by atoms with Crippen LogP contribution in [0, 0.1) is 0 Å². The zero-order valence-corrected chi connectivity index (χ0v) is 10.9. The molecular weight excluding hydrogens is 244 g/mol. The number of hydrogen-bond acceptors (Lipinski definition) is 3. The molecule has 2 N–H and O–H groups in total. The summed E-state index contributed by atoms with van der Waals surface area (Å²) in [6.45, 7) is 0. The van der Waals surface area contributed by atoms with E-state index in [0.29, 0.717) is 0 Å². The van der Waals surface area contributed by atoms with Crippen LogP contribution in [0.5, 0.6) is 0 Å². The van der Waals surface area contributed by atoms with E-state index in [1.54, 1.807) is 14.1 Å². The Bertz CT molecular complexity index is 537. The van der Waals surface area contributed by atoms with E-state index in [9.17, 15) is 9.59 Å². The predicted molar refractivity (Wildman–Crippen MR) is 71.4 cm³/mol. The second-order valence-electron chi connectivity index (χ2n) is 4.60. The molecule has 1 aliphatic carbocycles. The molecule has 0 fully saturated rings.